The zero-order valence-corrected chi connectivity index (χ0v) is 19.3. The lowest BCUT2D eigenvalue weighted by Crippen LogP contribution is -2.02. The van der Waals surface area contributed by atoms with Crippen molar-refractivity contribution in [1.82, 2.24) is 10.2 Å². The smallest absolute Gasteiger partial charge is 0.176 e. The van der Waals surface area contributed by atoms with Gasteiger partial charge in [0.25, 0.3) is 0 Å². The number of hydrogen-bond donors (Lipinski definition) is 2. The first-order chi connectivity index (χ1) is 15.5. The first-order valence-electron chi connectivity index (χ1n) is 9.26. The van der Waals surface area contributed by atoms with Crippen LogP contribution in [0.5, 0.6) is 0 Å². The minimum Gasteiger partial charge on any atom is -0.259 e. The molecule has 0 radical (unpaired) electrons. The number of nitrogens with zero attached hydrogens (tertiary/aromatic N) is 4. The second kappa shape index (κ2) is 10.1. The third-order valence-corrected chi connectivity index (χ3v) is 5.73. The second-order valence-electron chi connectivity index (χ2n) is 6.45. The minimum absolute atomic E-state index is 0.462. The molecule has 1 aromatic heterocycles. The number of nitrogens with one attached hydrogen (secondary N) is 2. The van der Waals surface area contributed by atoms with Crippen molar-refractivity contribution in [2.75, 3.05) is 10.9 Å². The van der Waals surface area contributed by atoms with Crippen LogP contribution in [-0.2, 0) is 0 Å². The molecule has 0 bridgehead atoms. The maximum atomic E-state index is 6.17. The van der Waals surface area contributed by atoms with E-state index in [9.17, 15) is 0 Å². The van der Waals surface area contributed by atoms with Gasteiger partial charge in [-0.25, -0.2) is 0 Å². The van der Waals surface area contributed by atoms with E-state index in [1.165, 1.54) is 12.4 Å². The van der Waals surface area contributed by atoms with Crippen LogP contribution in [0.3, 0.4) is 0 Å². The number of rotatable bonds is 6. The van der Waals surface area contributed by atoms with Crippen molar-refractivity contribution >= 4 is 81.2 Å². The Labute approximate surface area is 203 Å². The van der Waals surface area contributed by atoms with E-state index in [1.54, 1.807) is 36.4 Å². The van der Waals surface area contributed by atoms with E-state index < -0.39 is 0 Å². The highest BCUT2D eigenvalue weighted by molar-refractivity contribution is 6.39. The largest absolute Gasteiger partial charge is 0.259 e. The van der Waals surface area contributed by atoms with Crippen LogP contribution in [0, 0.1) is 0 Å². The van der Waals surface area contributed by atoms with Gasteiger partial charge in [-0.05, 0) is 24.3 Å². The van der Waals surface area contributed by atoms with Gasteiger partial charge >= 0.3 is 0 Å². The van der Waals surface area contributed by atoms with Crippen molar-refractivity contribution in [1.29, 1.82) is 0 Å². The van der Waals surface area contributed by atoms with Gasteiger partial charge in [0.2, 0.25) is 0 Å². The summed E-state index contributed by atoms with van der Waals surface area (Å²) < 4.78 is 0. The SMILES string of the molecule is Clc1cccc(Cl)c1C=NNc1nnc(NN=Cc2c(Cl)cccc2Cl)c2ccccc12. The number of hydrogen-bond acceptors (Lipinski definition) is 6. The number of anilines is 2. The lowest BCUT2D eigenvalue weighted by atomic mass is 10.2. The van der Waals surface area contributed by atoms with Crippen LogP contribution in [0.1, 0.15) is 11.1 Å². The third-order valence-electron chi connectivity index (χ3n) is 4.41. The Morgan fingerprint density at radius 1 is 0.562 bits per heavy atom. The summed E-state index contributed by atoms with van der Waals surface area (Å²) in [7, 11) is 0. The average molecular weight is 504 g/mol. The van der Waals surface area contributed by atoms with Crippen LogP contribution in [0.25, 0.3) is 10.8 Å². The predicted molar refractivity (Wildman–Crippen MR) is 135 cm³/mol. The highest BCUT2D eigenvalue weighted by atomic mass is 35.5. The highest BCUT2D eigenvalue weighted by Gasteiger charge is 2.09. The summed E-state index contributed by atoms with van der Waals surface area (Å²) in [6.45, 7) is 0. The Morgan fingerprint density at radius 2 is 0.938 bits per heavy atom. The van der Waals surface area contributed by atoms with Gasteiger partial charge in [-0.3, -0.25) is 10.9 Å². The summed E-state index contributed by atoms with van der Waals surface area (Å²) in [4.78, 5) is 0. The predicted octanol–water partition coefficient (Wildman–Crippen LogP) is 7.14. The molecule has 0 saturated heterocycles. The Hall–Kier alpha value is -2.90. The maximum Gasteiger partial charge on any atom is 0.176 e. The molecule has 160 valence electrons. The van der Waals surface area contributed by atoms with Crippen LogP contribution in [-0.4, -0.2) is 22.6 Å². The summed E-state index contributed by atoms with van der Waals surface area (Å²) in [5.74, 6) is 0.924. The maximum absolute atomic E-state index is 6.17. The molecular formula is C22H14Cl4N6. The van der Waals surface area contributed by atoms with Crippen LogP contribution in [0.15, 0.2) is 70.9 Å². The summed E-state index contributed by atoms with van der Waals surface area (Å²) in [5.41, 5.74) is 6.99. The minimum atomic E-state index is 0.462. The van der Waals surface area contributed by atoms with Crippen LogP contribution in [0.2, 0.25) is 20.1 Å². The van der Waals surface area contributed by atoms with Gasteiger partial charge in [0.05, 0.1) is 32.5 Å². The van der Waals surface area contributed by atoms with Gasteiger partial charge in [-0.1, -0.05) is 82.8 Å². The molecule has 0 unspecified atom stereocenters. The van der Waals surface area contributed by atoms with Crippen molar-refractivity contribution < 1.29 is 0 Å². The number of hydrazone groups is 2. The number of halogens is 4. The zero-order chi connectivity index (χ0) is 22.5. The molecule has 0 atom stereocenters. The van der Waals surface area contributed by atoms with Crippen LogP contribution in [0.4, 0.5) is 11.6 Å². The van der Waals surface area contributed by atoms with E-state index in [4.69, 9.17) is 46.4 Å². The van der Waals surface area contributed by atoms with Crippen molar-refractivity contribution in [2.24, 2.45) is 10.2 Å². The summed E-state index contributed by atoms with van der Waals surface area (Å²) in [5, 5.41) is 20.4. The molecule has 0 aliphatic carbocycles. The molecule has 4 aromatic rings. The van der Waals surface area contributed by atoms with Gasteiger partial charge in [-0.2, -0.15) is 10.2 Å². The van der Waals surface area contributed by atoms with E-state index in [0.717, 1.165) is 10.8 Å². The fraction of sp³-hybridized carbons (Fsp3) is 0. The monoisotopic (exact) mass is 502 g/mol. The van der Waals surface area contributed by atoms with Gasteiger partial charge in [0.1, 0.15) is 0 Å². The standard InChI is InChI=1S/C22H14Cl4N6/c23-17-7-3-8-18(24)15(17)11-27-29-21-13-5-1-2-6-14(13)22(32-31-21)30-28-12-16-19(25)9-4-10-20(16)26/h1-12H,(H,29,31)(H,30,32). The molecule has 3 aromatic carbocycles. The Bertz CT molecular complexity index is 1200. The van der Waals surface area contributed by atoms with E-state index in [-0.39, 0.29) is 0 Å². The normalized spacial score (nSPS) is 11.5. The average Bonchev–Trinajstić information content (AvgIpc) is 2.78. The molecule has 0 spiro atoms. The van der Waals surface area contributed by atoms with Crippen molar-refractivity contribution in [3.05, 3.63) is 91.9 Å². The molecule has 1 heterocycles. The Morgan fingerprint density at radius 3 is 1.31 bits per heavy atom. The summed E-state index contributed by atoms with van der Waals surface area (Å²) >= 11 is 24.7. The lowest BCUT2D eigenvalue weighted by molar-refractivity contribution is 1.03. The van der Waals surface area contributed by atoms with Gasteiger partial charge < -0.3 is 0 Å². The number of fused-ring (bicyclic) bond motifs is 1. The first-order valence-corrected chi connectivity index (χ1v) is 10.8. The van der Waals surface area contributed by atoms with Gasteiger partial charge in [0, 0.05) is 21.9 Å². The quantitative estimate of drug-likeness (QED) is 0.216. The summed E-state index contributed by atoms with van der Waals surface area (Å²) in [6.07, 6.45) is 3.07. The molecular weight excluding hydrogens is 490 g/mol. The fourth-order valence-corrected chi connectivity index (χ4v) is 3.84. The topological polar surface area (TPSA) is 74.6 Å². The molecule has 32 heavy (non-hydrogen) atoms. The molecule has 0 amide bonds. The molecule has 6 nitrogen and oxygen atoms in total. The molecule has 10 heteroatoms. The molecule has 2 N–H and O–H groups in total. The van der Waals surface area contributed by atoms with Gasteiger partial charge in [0.15, 0.2) is 11.6 Å². The molecule has 0 saturated carbocycles. The van der Waals surface area contributed by atoms with Crippen LogP contribution >= 0.6 is 46.4 Å². The van der Waals surface area contributed by atoms with Crippen molar-refractivity contribution in [3.63, 3.8) is 0 Å². The van der Waals surface area contributed by atoms with E-state index in [0.29, 0.717) is 42.9 Å². The number of benzene rings is 3. The van der Waals surface area contributed by atoms with Crippen molar-refractivity contribution in [3.8, 4) is 0 Å². The Kier molecular flexibility index (Phi) is 7.07. The van der Waals surface area contributed by atoms with E-state index in [2.05, 4.69) is 31.3 Å². The lowest BCUT2D eigenvalue weighted by Gasteiger charge is -2.08. The van der Waals surface area contributed by atoms with Crippen molar-refractivity contribution in [2.45, 2.75) is 0 Å². The van der Waals surface area contributed by atoms with Gasteiger partial charge in [-0.15, -0.1) is 10.2 Å². The summed E-state index contributed by atoms with van der Waals surface area (Å²) in [6, 6.07) is 18.0. The van der Waals surface area contributed by atoms with E-state index in [1.807, 2.05) is 24.3 Å². The van der Waals surface area contributed by atoms with E-state index >= 15 is 0 Å². The molecule has 0 aliphatic rings. The fourth-order valence-electron chi connectivity index (χ4n) is 2.85. The third kappa shape index (κ3) is 4.95. The molecule has 0 aliphatic heterocycles. The molecule has 0 fully saturated rings. The highest BCUT2D eigenvalue weighted by Crippen LogP contribution is 2.27. The second-order valence-corrected chi connectivity index (χ2v) is 8.08. The Balaban J connectivity index is 1.58. The molecule has 4 rings (SSSR count). The van der Waals surface area contributed by atoms with Crippen LogP contribution < -0.4 is 10.9 Å². The first kappa shape index (κ1) is 22.3. The zero-order valence-electron chi connectivity index (χ0n) is 16.2. The number of aromatic nitrogens is 2.